The van der Waals surface area contributed by atoms with Crippen LogP contribution in [0.1, 0.15) is 24.8 Å². The van der Waals surface area contributed by atoms with Crippen molar-refractivity contribution >= 4 is 15.8 Å². The number of allylic oxidation sites excluding steroid dienone is 1. The van der Waals surface area contributed by atoms with Crippen molar-refractivity contribution in [2.75, 3.05) is 6.54 Å². The number of carbonyl (C=O) groups is 1. The lowest BCUT2D eigenvalue weighted by Gasteiger charge is -2.20. The van der Waals surface area contributed by atoms with E-state index in [0.717, 1.165) is 11.1 Å². The van der Waals surface area contributed by atoms with Crippen molar-refractivity contribution in [2.45, 2.75) is 31.1 Å². The molecule has 1 heterocycles. The number of Topliss-reactive ketones (excluding diaryl/α,β-unsaturated/α-hetero) is 1. The zero-order chi connectivity index (χ0) is 13.6. The summed E-state index contributed by atoms with van der Waals surface area (Å²) in [5, 5.41) is 0. The van der Waals surface area contributed by atoms with E-state index in [1.165, 1.54) is 4.31 Å². The molecule has 1 aromatic rings. The lowest BCUT2D eigenvalue weighted by Crippen LogP contribution is -2.30. The number of rotatable bonds is 2. The number of sulfonamides is 1. The lowest BCUT2D eigenvalue weighted by molar-refractivity contribution is -0.115. The molecule has 1 aliphatic carbocycles. The van der Waals surface area contributed by atoms with Crippen LogP contribution >= 0.6 is 0 Å². The Morgan fingerprint density at radius 3 is 2.42 bits per heavy atom. The molecule has 3 rings (SSSR count). The number of benzene rings is 1. The summed E-state index contributed by atoms with van der Waals surface area (Å²) in [5.41, 5.74) is 2.44. The zero-order valence-electron chi connectivity index (χ0n) is 10.7. The Bertz CT molecular complexity index is 671. The van der Waals surface area contributed by atoms with E-state index >= 15 is 0 Å². The summed E-state index contributed by atoms with van der Waals surface area (Å²) in [6, 6.07) is 6.74. The van der Waals surface area contributed by atoms with Gasteiger partial charge in [0, 0.05) is 13.0 Å². The number of hydrogen-bond donors (Lipinski definition) is 0. The highest BCUT2D eigenvalue weighted by atomic mass is 32.2. The maximum Gasteiger partial charge on any atom is 0.264 e. The SMILES string of the molecule is Cc1ccc(S(=O)(=O)N2CCC3=C2C(=O)CC3)cc1. The Morgan fingerprint density at radius 1 is 1.05 bits per heavy atom. The molecule has 0 unspecified atom stereocenters. The molecule has 5 heteroatoms. The topological polar surface area (TPSA) is 54.5 Å². The fourth-order valence-electron chi connectivity index (χ4n) is 2.68. The minimum absolute atomic E-state index is 0.0387. The molecule has 0 N–H and O–H groups in total. The summed E-state index contributed by atoms with van der Waals surface area (Å²) in [4.78, 5) is 12.1. The molecule has 0 radical (unpaired) electrons. The Balaban J connectivity index is 2.02. The largest absolute Gasteiger partial charge is 0.293 e. The number of carbonyl (C=O) groups excluding carboxylic acids is 1. The first-order valence-electron chi connectivity index (χ1n) is 6.35. The predicted molar refractivity (Wildman–Crippen MR) is 71.0 cm³/mol. The third-order valence-electron chi connectivity index (χ3n) is 3.73. The second-order valence-corrected chi connectivity index (χ2v) is 6.88. The molecular weight excluding hydrogens is 262 g/mol. The molecule has 19 heavy (non-hydrogen) atoms. The number of aryl methyl sites for hydroxylation is 1. The molecule has 1 aliphatic heterocycles. The predicted octanol–water partition coefficient (Wildman–Crippen LogP) is 2.01. The molecule has 100 valence electrons. The van der Waals surface area contributed by atoms with Crippen LogP contribution in [0.2, 0.25) is 0 Å². The van der Waals surface area contributed by atoms with Gasteiger partial charge in [-0.2, -0.15) is 0 Å². The normalized spacial score (nSPS) is 19.2. The Hall–Kier alpha value is -1.62. The van der Waals surface area contributed by atoms with Crippen molar-refractivity contribution in [1.29, 1.82) is 0 Å². The van der Waals surface area contributed by atoms with Gasteiger partial charge in [0.25, 0.3) is 10.0 Å². The van der Waals surface area contributed by atoms with Crippen molar-refractivity contribution in [3.05, 3.63) is 41.1 Å². The number of ketones is 1. The molecule has 2 aliphatic rings. The summed E-state index contributed by atoms with van der Waals surface area (Å²) in [6.07, 6.45) is 1.85. The number of hydrogen-bond acceptors (Lipinski definition) is 3. The quantitative estimate of drug-likeness (QED) is 0.831. The minimum Gasteiger partial charge on any atom is -0.293 e. The Morgan fingerprint density at radius 2 is 1.74 bits per heavy atom. The average Bonchev–Trinajstić information content (AvgIpc) is 2.94. The lowest BCUT2D eigenvalue weighted by atomic mass is 10.2. The summed E-state index contributed by atoms with van der Waals surface area (Å²) in [7, 11) is -3.59. The highest BCUT2D eigenvalue weighted by molar-refractivity contribution is 7.89. The van der Waals surface area contributed by atoms with Crippen molar-refractivity contribution in [2.24, 2.45) is 0 Å². The van der Waals surface area contributed by atoms with Crippen molar-refractivity contribution in [1.82, 2.24) is 4.31 Å². The summed E-state index contributed by atoms with van der Waals surface area (Å²) in [5.74, 6) is -0.0387. The fourth-order valence-corrected chi connectivity index (χ4v) is 4.22. The molecule has 0 aromatic heterocycles. The summed E-state index contributed by atoms with van der Waals surface area (Å²) >= 11 is 0. The maximum absolute atomic E-state index is 12.6. The zero-order valence-corrected chi connectivity index (χ0v) is 11.5. The summed E-state index contributed by atoms with van der Waals surface area (Å²) in [6.45, 7) is 2.31. The van der Waals surface area contributed by atoms with Gasteiger partial charge in [0.1, 0.15) is 0 Å². The molecule has 0 atom stereocenters. The first-order valence-corrected chi connectivity index (χ1v) is 7.79. The van der Waals surface area contributed by atoms with E-state index in [4.69, 9.17) is 0 Å². The highest BCUT2D eigenvalue weighted by Gasteiger charge is 2.39. The van der Waals surface area contributed by atoms with Gasteiger partial charge in [-0.25, -0.2) is 8.42 Å². The van der Waals surface area contributed by atoms with E-state index in [-0.39, 0.29) is 10.7 Å². The van der Waals surface area contributed by atoms with E-state index in [9.17, 15) is 13.2 Å². The minimum atomic E-state index is -3.59. The smallest absolute Gasteiger partial charge is 0.264 e. The summed E-state index contributed by atoms with van der Waals surface area (Å²) < 4.78 is 26.4. The molecule has 0 bridgehead atoms. The third-order valence-corrected chi connectivity index (χ3v) is 5.54. The standard InChI is InChI=1S/C14H15NO3S/c1-10-2-5-12(6-3-10)19(17,18)15-9-8-11-4-7-13(16)14(11)15/h2-3,5-6H,4,7-9H2,1H3. The molecule has 1 aromatic carbocycles. The van der Waals surface area contributed by atoms with Crippen LogP contribution in [0.5, 0.6) is 0 Å². The average molecular weight is 277 g/mol. The van der Waals surface area contributed by atoms with E-state index in [2.05, 4.69) is 0 Å². The van der Waals surface area contributed by atoms with Crippen molar-refractivity contribution < 1.29 is 13.2 Å². The van der Waals surface area contributed by atoms with Gasteiger partial charge in [0.15, 0.2) is 5.78 Å². The van der Waals surface area contributed by atoms with Gasteiger partial charge in [-0.05, 0) is 37.5 Å². The first-order chi connectivity index (χ1) is 9.00. The highest BCUT2D eigenvalue weighted by Crippen LogP contribution is 2.37. The van der Waals surface area contributed by atoms with E-state index in [1.54, 1.807) is 24.3 Å². The molecule has 0 amide bonds. The van der Waals surface area contributed by atoms with Crippen LogP contribution in [0, 0.1) is 6.92 Å². The van der Waals surface area contributed by atoms with Crippen LogP contribution in [-0.4, -0.2) is 25.1 Å². The number of nitrogens with zero attached hydrogens (tertiary/aromatic N) is 1. The second kappa shape index (κ2) is 4.20. The van der Waals surface area contributed by atoms with Gasteiger partial charge in [-0.15, -0.1) is 0 Å². The molecule has 0 spiro atoms. The van der Waals surface area contributed by atoms with Gasteiger partial charge in [-0.1, -0.05) is 17.7 Å². The fraction of sp³-hybridized carbons (Fsp3) is 0.357. The second-order valence-electron chi connectivity index (χ2n) is 5.02. The van der Waals surface area contributed by atoms with Crippen molar-refractivity contribution in [3.8, 4) is 0 Å². The van der Waals surface area contributed by atoms with Gasteiger partial charge < -0.3 is 0 Å². The van der Waals surface area contributed by atoms with E-state index < -0.39 is 10.0 Å². The van der Waals surface area contributed by atoms with Crippen LogP contribution < -0.4 is 0 Å². The maximum atomic E-state index is 12.6. The molecule has 0 saturated heterocycles. The molecular formula is C14H15NO3S. The first kappa shape index (κ1) is 12.4. The van der Waals surface area contributed by atoms with Crippen molar-refractivity contribution in [3.63, 3.8) is 0 Å². The van der Waals surface area contributed by atoms with Crippen LogP contribution in [0.4, 0.5) is 0 Å². The van der Waals surface area contributed by atoms with Crippen LogP contribution in [0.15, 0.2) is 40.4 Å². The van der Waals surface area contributed by atoms with Crippen LogP contribution in [-0.2, 0) is 14.8 Å². The van der Waals surface area contributed by atoms with Gasteiger partial charge in [-0.3, -0.25) is 9.10 Å². The molecule has 0 saturated carbocycles. The van der Waals surface area contributed by atoms with Crippen LogP contribution in [0.25, 0.3) is 0 Å². The van der Waals surface area contributed by atoms with Crippen LogP contribution in [0.3, 0.4) is 0 Å². The van der Waals surface area contributed by atoms with Gasteiger partial charge in [0.05, 0.1) is 10.6 Å². The molecule has 4 nitrogen and oxygen atoms in total. The Labute approximate surface area is 112 Å². The van der Waals surface area contributed by atoms with Gasteiger partial charge >= 0.3 is 0 Å². The van der Waals surface area contributed by atoms with Gasteiger partial charge in [0.2, 0.25) is 0 Å². The van der Waals surface area contributed by atoms with E-state index in [0.29, 0.717) is 31.5 Å². The monoisotopic (exact) mass is 277 g/mol. The Kier molecular flexibility index (Phi) is 2.74. The van der Waals surface area contributed by atoms with E-state index in [1.807, 2.05) is 6.92 Å². The third kappa shape index (κ3) is 1.89. The molecule has 0 fully saturated rings.